The summed E-state index contributed by atoms with van der Waals surface area (Å²) in [4.78, 5) is 10.6. The number of para-hydroxylation sites is 1. The average molecular weight is 160 g/mol. The molecule has 0 unspecified atom stereocenters. The molecule has 3 heteroatoms. The molecule has 0 amide bonds. The van der Waals surface area contributed by atoms with Crippen molar-refractivity contribution in [3.8, 4) is 0 Å². The van der Waals surface area contributed by atoms with E-state index in [1.807, 2.05) is 6.07 Å². The number of aliphatic carboxylic acids is 1. The van der Waals surface area contributed by atoms with Crippen LogP contribution < -0.4 is 5.32 Å². The van der Waals surface area contributed by atoms with Gasteiger partial charge in [0.15, 0.2) is 0 Å². The van der Waals surface area contributed by atoms with Gasteiger partial charge in [0.1, 0.15) is 0 Å². The smallest absolute Gasteiger partial charge is 0.337 e. The fourth-order valence-corrected chi connectivity index (χ4v) is 1.19. The van der Waals surface area contributed by atoms with Crippen LogP contribution in [0.4, 0.5) is 5.69 Å². The highest BCUT2D eigenvalue weighted by Gasteiger charge is 2.19. The van der Waals surface area contributed by atoms with Crippen LogP contribution in [-0.2, 0) is 4.79 Å². The zero-order valence-electron chi connectivity index (χ0n) is 6.19. The lowest BCUT2D eigenvalue weighted by atomic mass is 10.1. The van der Waals surface area contributed by atoms with Crippen LogP contribution in [0.5, 0.6) is 0 Å². The van der Waals surface area contributed by atoms with Crippen molar-refractivity contribution in [1.82, 2.24) is 5.32 Å². The lowest BCUT2D eigenvalue weighted by Gasteiger charge is -1.96. The quantitative estimate of drug-likeness (QED) is 0.674. The van der Waals surface area contributed by atoms with Gasteiger partial charge < -0.3 is 5.11 Å². The molecule has 0 aromatic heterocycles. The number of benzene rings is 1. The molecule has 1 aromatic carbocycles. The zero-order valence-corrected chi connectivity index (χ0v) is 6.19. The van der Waals surface area contributed by atoms with Crippen LogP contribution in [0.2, 0.25) is 0 Å². The minimum Gasteiger partial charge on any atom is -0.478 e. The van der Waals surface area contributed by atoms with E-state index in [4.69, 9.17) is 5.11 Å². The first kappa shape index (κ1) is 6.91. The second kappa shape index (κ2) is 2.37. The summed E-state index contributed by atoms with van der Waals surface area (Å²) < 4.78 is 0. The number of rotatable bonds is 1. The van der Waals surface area contributed by atoms with Crippen molar-refractivity contribution < 1.29 is 9.90 Å². The molecular weight excluding hydrogens is 154 g/mol. The standard InChI is InChI=1S/C9H6NO2/c11-9(12)7-5-10-8-4-2-1-3-6(7)8/h1-5H,(H,11,12). The summed E-state index contributed by atoms with van der Waals surface area (Å²) in [6.07, 6.45) is 1.38. The van der Waals surface area contributed by atoms with E-state index in [0.717, 1.165) is 5.69 Å². The minimum absolute atomic E-state index is 0.269. The van der Waals surface area contributed by atoms with E-state index in [2.05, 4.69) is 5.32 Å². The summed E-state index contributed by atoms with van der Waals surface area (Å²) in [6, 6.07) is 7.19. The van der Waals surface area contributed by atoms with E-state index < -0.39 is 5.97 Å². The topological polar surface area (TPSA) is 51.4 Å². The first-order valence-electron chi connectivity index (χ1n) is 3.53. The van der Waals surface area contributed by atoms with Gasteiger partial charge in [0.25, 0.3) is 0 Å². The summed E-state index contributed by atoms with van der Waals surface area (Å²) in [5, 5.41) is 12.7. The lowest BCUT2D eigenvalue weighted by Crippen LogP contribution is -1.96. The predicted octanol–water partition coefficient (Wildman–Crippen LogP) is 1.36. The third-order valence-electron chi connectivity index (χ3n) is 1.76. The van der Waals surface area contributed by atoms with Gasteiger partial charge in [-0.15, -0.1) is 0 Å². The molecule has 12 heavy (non-hydrogen) atoms. The van der Waals surface area contributed by atoms with Gasteiger partial charge in [-0.25, -0.2) is 4.79 Å². The number of carboxylic acid groups (broad SMARTS) is 1. The highest BCUT2D eigenvalue weighted by Crippen LogP contribution is 2.29. The van der Waals surface area contributed by atoms with Crippen LogP contribution in [0.25, 0.3) is 5.57 Å². The molecule has 1 heterocycles. The molecule has 0 atom stereocenters. The molecule has 59 valence electrons. The van der Waals surface area contributed by atoms with Gasteiger partial charge in [-0.2, -0.15) is 0 Å². The van der Waals surface area contributed by atoms with Gasteiger partial charge in [0.05, 0.1) is 11.3 Å². The Morgan fingerprint density at radius 2 is 2.08 bits per heavy atom. The summed E-state index contributed by atoms with van der Waals surface area (Å²) in [7, 11) is 0. The number of hydrogen-bond donors (Lipinski definition) is 1. The Kier molecular flexibility index (Phi) is 1.37. The van der Waals surface area contributed by atoms with Gasteiger partial charge in [-0.3, -0.25) is 5.32 Å². The van der Waals surface area contributed by atoms with Crippen LogP contribution in [0.1, 0.15) is 5.56 Å². The average Bonchev–Trinajstić information content (AvgIpc) is 2.47. The highest BCUT2D eigenvalue weighted by molar-refractivity contribution is 6.18. The Bertz CT molecular complexity index is 369. The molecule has 1 N–H and O–H groups in total. The summed E-state index contributed by atoms with van der Waals surface area (Å²) >= 11 is 0. The summed E-state index contributed by atoms with van der Waals surface area (Å²) in [6.45, 7) is 0. The molecule has 0 fully saturated rings. The second-order valence-corrected chi connectivity index (χ2v) is 2.49. The Hall–Kier alpha value is -1.77. The molecule has 1 aliphatic rings. The Balaban J connectivity index is 2.52. The van der Waals surface area contributed by atoms with Gasteiger partial charge >= 0.3 is 5.97 Å². The maximum Gasteiger partial charge on any atom is 0.337 e. The van der Waals surface area contributed by atoms with Gasteiger partial charge in [-0.1, -0.05) is 18.2 Å². The molecule has 0 saturated carbocycles. The van der Waals surface area contributed by atoms with Crippen molar-refractivity contribution in [2.75, 3.05) is 0 Å². The predicted molar refractivity (Wildman–Crippen MR) is 43.8 cm³/mol. The largest absolute Gasteiger partial charge is 0.478 e. The van der Waals surface area contributed by atoms with Crippen molar-refractivity contribution >= 4 is 17.2 Å². The first-order chi connectivity index (χ1) is 5.79. The van der Waals surface area contributed by atoms with Crippen LogP contribution in [0, 0.1) is 0 Å². The van der Waals surface area contributed by atoms with Crippen molar-refractivity contribution in [3.05, 3.63) is 36.0 Å². The minimum atomic E-state index is -0.927. The fourth-order valence-electron chi connectivity index (χ4n) is 1.19. The molecule has 0 saturated heterocycles. The lowest BCUT2D eigenvalue weighted by molar-refractivity contribution is -0.130. The normalized spacial score (nSPS) is 13.2. The first-order valence-corrected chi connectivity index (χ1v) is 3.53. The fraction of sp³-hybridized carbons (Fsp3) is 0. The van der Waals surface area contributed by atoms with Gasteiger partial charge in [0, 0.05) is 11.8 Å². The number of carbonyl (C=O) groups is 1. The highest BCUT2D eigenvalue weighted by atomic mass is 16.4. The zero-order chi connectivity index (χ0) is 8.55. The molecule has 1 radical (unpaired) electrons. The monoisotopic (exact) mass is 160 g/mol. The Morgan fingerprint density at radius 1 is 1.33 bits per heavy atom. The van der Waals surface area contributed by atoms with E-state index in [1.54, 1.807) is 18.2 Å². The van der Waals surface area contributed by atoms with Crippen molar-refractivity contribution in [2.24, 2.45) is 0 Å². The van der Waals surface area contributed by atoms with E-state index in [0.29, 0.717) is 5.56 Å². The van der Waals surface area contributed by atoms with E-state index in [1.165, 1.54) is 6.20 Å². The molecular formula is C9H6NO2. The van der Waals surface area contributed by atoms with Crippen LogP contribution in [-0.4, -0.2) is 11.1 Å². The second-order valence-electron chi connectivity index (χ2n) is 2.49. The Labute approximate surface area is 69.3 Å². The van der Waals surface area contributed by atoms with Crippen molar-refractivity contribution in [3.63, 3.8) is 0 Å². The third kappa shape index (κ3) is 0.871. The van der Waals surface area contributed by atoms with Crippen molar-refractivity contribution in [1.29, 1.82) is 0 Å². The summed E-state index contributed by atoms with van der Waals surface area (Å²) in [5.74, 6) is -0.927. The molecule has 1 aromatic rings. The van der Waals surface area contributed by atoms with E-state index in [-0.39, 0.29) is 5.57 Å². The van der Waals surface area contributed by atoms with Gasteiger partial charge in [-0.05, 0) is 6.07 Å². The maximum absolute atomic E-state index is 10.6. The molecule has 2 rings (SSSR count). The third-order valence-corrected chi connectivity index (χ3v) is 1.76. The van der Waals surface area contributed by atoms with Crippen LogP contribution >= 0.6 is 0 Å². The van der Waals surface area contributed by atoms with Crippen LogP contribution in [0.15, 0.2) is 30.5 Å². The molecule has 0 spiro atoms. The SMILES string of the molecule is O=C(O)C1=C[N]c2ccccc21. The molecule has 0 bridgehead atoms. The van der Waals surface area contributed by atoms with E-state index >= 15 is 0 Å². The number of carboxylic acids is 1. The van der Waals surface area contributed by atoms with Crippen molar-refractivity contribution in [2.45, 2.75) is 0 Å². The molecule has 0 aliphatic carbocycles. The van der Waals surface area contributed by atoms with Crippen LogP contribution in [0.3, 0.4) is 0 Å². The van der Waals surface area contributed by atoms with E-state index in [9.17, 15) is 4.79 Å². The molecule has 1 aliphatic heterocycles. The summed E-state index contributed by atoms with van der Waals surface area (Å²) in [5.41, 5.74) is 1.70. The number of fused-ring (bicyclic) bond motifs is 1. The number of hydrogen-bond acceptors (Lipinski definition) is 1. The number of nitrogens with zero attached hydrogens (tertiary/aromatic N) is 1. The molecule has 3 nitrogen and oxygen atoms in total. The Morgan fingerprint density at radius 3 is 2.83 bits per heavy atom. The van der Waals surface area contributed by atoms with Gasteiger partial charge in [0.2, 0.25) is 0 Å². The maximum atomic E-state index is 10.6.